The number of benzene rings is 3. The van der Waals surface area contributed by atoms with Crippen LogP contribution in [-0.2, 0) is 7.05 Å². The van der Waals surface area contributed by atoms with Crippen LogP contribution < -0.4 is 4.57 Å². The number of aryl methyl sites for hydroxylation is 2. The molecule has 0 atom stereocenters. The van der Waals surface area contributed by atoms with Crippen LogP contribution in [0.25, 0.3) is 33.2 Å². The Morgan fingerprint density at radius 3 is 2.27 bits per heavy atom. The Morgan fingerprint density at radius 2 is 1.54 bits per heavy atom. The number of halogens is 1. The van der Waals surface area contributed by atoms with Gasteiger partial charge in [-0.15, -0.1) is 0 Å². The molecule has 0 unspecified atom stereocenters. The Morgan fingerprint density at radius 1 is 0.769 bits per heavy atom. The summed E-state index contributed by atoms with van der Waals surface area (Å²) in [6.45, 7) is 4.20. The van der Waals surface area contributed by atoms with Crippen LogP contribution in [0.1, 0.15) is 11.3 Å². The average Bonchev–Trinajstić information content (AvgIpc) is 2.64. The molecule has 26 heavy (non-hydrogen) atoms. The Labute approximate surface area is 153 Å². The molecule has 0 radical (unpaired) electrons. The lowest BCUT2D eigenvalue weighted by atomic mass is 9.95. The molecule has 4 aromatic rings. The first-order valence-electron chi connectivity index (χ1n) is 8.80. The second kappa shape index (κ2) is 6.38. The van der Waals surface area contributed by atoms with Crippen LogP contribution in [0, 0.1) is 19.7 Å². The highest BCUT2D eigenvalue weighted by Crippen LogP contribution is 2.31. The average molecular weight is 342 g/mol. The van der Waals surface area contributed by atoms with Crippen molar-refractivity contribution in [1.29, 1.82) is 0 Å². The molecular weight excluding hydrogens is 321 g/mol. The number of pyridine rings is 1. The zero-order valence-electron chi connectivity index (χ0n) is 15.3. The van der Waals surface area contributed by atoms with Crippen molar-refractivity contribution >= 4 is 10.8 Å². The predicted octanol–water partition coefficient (Wildman–Crippen LogP) is 5.75. The fourth-order valence-corrected chi connectivity index (χ4v) is 3.61. The molecule has 128 valence electrons. The van der Waals surface area contributed by atoms with E-state index in [1.54, 1.807) is 6.07 Å². The summed E-state index contributed by atoms with van der Waals surface area (Å²) in [6, 6.07) is 24.0. The second-order valence-corrected chi connectivity index (χ2v) is 6.82. The highest BCUT2D eigenvalue weighted by molar-refractivity contribution is 5.94. The summed E-state index contributed by atoms with van der Waals surface area (Å²) >= 11 is 0. The number of hydrogen-bond acceptors (Lipinski definition) is 0. The molecule has 0 aliphatic rings. The molecule has 0 saturated carbocycles. The largest absolute Gasteiger partial charge is 0.220 e. The van der Waals surface area contributed by atoms with Crippen molar-refractivity contribution in [3.8, 4) is 22.4 Å². The normalized spacial score (nSPS) is 11.1. The van der Waals surface area contributed by atoms with Crippen LogP contribution in [0.5, 0.6) is 0 Å². The first kappa shape index (κ1) is 16.5. The van der Waals surface area contributed by atoms with Gasteiger partial charge in [-0.3, -0.25) is 0 Å². The highest BCUT2D eigenvalue weighted by Gasteiger charge is 2.20. The van der Waals surface area contributed by atoms with Crippen LogP contribution >= 0.6 is 0 Å². The maximum absolute atomic E-state index is 13.7. The third-order valence-electron chi connectivity index (χ3n) is 5.09. The van der Waals surface area contributed by atoms with Crippen molar-refractivity contribution in [1.82, 2.24) is 0 Å². The van der Waals surface area contributed by atoms with Gasteiger partial charge in [0.25, 0.3) is 0 Å². The first-order valence-corrected chi connectivity index (χ1v) is 8.80. The Balaban J connectivity index is 1.95. The molecule has 1 nitrogen and oxygen atoms in total. The van der Waals surface area contributed by atoms with E-state index in [2.05, 4.69) is 67.9 Å². The molecule has 0 spiro atoms. The van der Waals surface area contributed by atoms with Gasteiger partial charge in [-0.25, -0.2) is 4.39 Å². The van der Waals surface area contributed by atoms with Crippen LogP contribution in [0.4, 0.5) is 4.39 Å². The zero-order chi connectivity index (χ0) is 18.3. The molecular formula is C24H21FN+. The molecule has 0 bridgehead atoms. The van der Waals surface area contributed by atoms with E-state index < -0.39 is 0 Å². The first-order chi connectivity index (χ1) is 12.5. The maximum atomic E-state index is 13.7. The lowest BCUT2D eigenvalue weighted by Crippen LogP contribution is -2.35. The van der Waals surface area contributed by atoms with E-state index in [0.717, 1.165) is 22.2 Å². The molecule has 1 heterocycles. The lowest BCUT2D eigenvalue weighted by molar-refractivity contribution is -0.665. The van der Waals surface area contributed by atoms with Gasteiger partial charge in [0.05, 0.1) is 5.39 Å². The van der Waals surface area contributed by atoms with Gasteiger partial charge >= 0.3 is 0 Å². The molecule has 3 aromatic carbocycles. The number of aromatic nitrogens is 1. The van der Waals surface area contributed by atoms with Crippen LogP contribution in [0.2, 0.25) is 0 Å². The van der Waals surface area contributed by atoms with Crippen LogP contribution in [0.15, 0.2) is 72.8 Å². The summed E-state index contributed by atoms with van der Waals surface area (Å²) in [5.74, 6) is -0.201. The molecule has 0 amide bonds. The van der Waals surface area contributed by atoms with Crippen LogP contribution in [0.3, 0.4) is 0 Å². The third kappa shape index (κ3) is 2.78. The van der Waals surface area contributed by atoms with Crippen LogP contribution in [-0.4, -0.2) is 0 Å². The predicted molar refractivity (Wildman–Crippen MR) is 105 cm³/mol. The summed E-state index contributed by atoms with van der Waals surface area (Å²) in [7, 11) is 2.07. The zero-order valence-corrected chi connectivity index (χ0v) is 15.3. The van der Waals surface area contributed by atoms with Gasteiger partial charge in [0.2, 0.25) is 5.69 Å². The standard InChI is InChI=1S/C24H21FN/c1-16-13-19(18-7-5-4-6-8-18)9-11-22(16)24-23-12-10-21(25)15-20(23)14-17(2)26(24)3/h4-15H,1-3H3/q+1. The van der Waals surface area contributed by atoms with Gasteiger partial charge in [-0.1, -0.05) is 42.5 Å². The van der Waals surface area contributed by atoms with E-state index in [4.69, 9.17) is 0 Å². The number of fused-ring (bicyclic) bond motifs is 1. The molecule has 0 aliphatic carbocycles. The minimum Gasteiger partial charge on any atom is -0.207 e. The second-order valence-electron chi connectivity index (χ2n) is 6.82. The smallest absolute Gasteiger partial charge is 0.207 e. The Hall–Kier alpha value is -3.00. The Bertz CT molecular complexity index is 1110. The SMILES string of the molecule is Cc1cc(-c2ccccc2)ccc1-c1c2ccc(F)cc2cc(C)[n+]1C. The van der Waals surface area contributed by atoms with E-state index in [-0.39, 0.29) is 5.82 Å². The molecule has 0 aliphatic heterocycles. The van der Waals surface area contributed by atoms with E-state index in [1.165, 1.54) is 28.3 Å². The molecule has 0 N–H and O–H groups in total. The van der Waals surface area contributed by atoms with Gasteiger partial charge in [0, 0.05) is 18.6 Å². The molecule has 0 saturated heterocycles. The summed E-state index contributed by atoms with van der Waals surface area (Å²) in [5, 5.41) is 2.00. The van der Waals surface area contributed by atoms with Gasteiger partial charge < -0.3 is 0 Å². The number of rotatable bonds is 2. The molecule has 4 rings (SSSR count). The van der Waals surface area contributed by atoms with Crippen molar-refractivity contribution < 1.29 is 8.96 Å². The molecule has 1 aromatic heterocycles. The maximum Gasteiger partial charge on any atom is 0.220 e. The van der Waals surface area contributed by atoms with Gasteiger partial charge in [0.15, 0.2) is 5.69 Å². The quantitative estimate of drug-likeness (QED) is 0.408. The topological polar surface area (TPSA) is 3.88 Å². The van der Waals surface area contributed by atoms with Gasteiger partial charge in [-0.05, 0) is 53.3 Å². The van der Waals surface area contributed by atoms with E-state index in [1.807, 2.05) is 18.2 Å². The molecule has 2 heteroatoms. The minimum atomic E-state index is -0.201. The minimum absolute atomic E-state index is 0.201. The number of nitrogens with zero attached hydrogens (tertiary/aromatic N) is 1. The molecule has 0 fully saturated rings. The van der Waals surface area contributed by atoms with E-state index in [9.17, 15) is 4.39 Å². The van der Waals surface area contributed by atoms with Crippen molar-refractivity contribution in [2.75, 3.05) is 0 Å². The Kier molecular flexibility index (Phi) is 4.04. The van der Waals surface area contributed by atoms with Crippen molar-refractivity contribution in [3.63, 3.8) is 0 Å². The van der Waals surface area contributed by atoms with E-state index >= 15 is 0 Å². The van der Waals surface area contributed by atoms with Gasteiger partial charge in [-0.2, -0.15) is 4.57 Å². The fraction of sp³-hybridized carbons (Fsp3) is 0.125. The van der Waals surface area contributed by atoms with Crippen molar-refractivity contribution in [2.45, 2.75) is 13.8 Å². The monoisotopic (exact) mass is 342 g/mol. The summed E-state index contributed by atoms with van der Waals surface area (Å²) in [4.78, 5) is 0. The fourth-order valence-electron chi connectivity index (χ4n) is 3.61. The van der Waals surface area contributed by atoms with Crippen molar-refractivity contribution in [3.05, 3.63) is 89.9 Å². The number of hydrogen-bond donors (Lipinski definition) is 0. The summed E-state index contributed by atoms with van der Waals surface area (Å²) < 4.78 is 15.9. The van der Waals surface area contributed by atoms with Gasteiger partial charge in [0.1, 0.15) is 12.9 Å². The highest BCUT2D eigenvalue weighted by atomic mass is 19.1. The van der Waals surface area contributed by atoms with E-state index in [0.29, 0.717) is 0 Å². The lowest BCUT2D eigenvalue weighted by Gasteiger charge is -2.11. The summed E-state index contributed by atoms with van der Waals surface area (Å²) in [5.41, 5.74) is 7.02. The third-order valence-corrected chi connectivity index (χ3v) is 5.09. The van der Waals surface area contributed by atoms with Crippen molar-refractivity contribution in [2.24, 2.45) is 7.05 Å². The summed E-state index contributed by atoms with van der Waals surface area (Å²) in [6.07, 6.45) is 0.